The van der Waals surface area contributed by atoms with Gasteiger partial charge in [0.15, 0.2) is 11.2 Å². The first kappa shape index (κ1) is 21.3. The van der Waals surface area contributed by atoms with Gasteiger partial charge in [0.25, 0.3) is 5.91 Å². The number of nitrogens with one attached hydrogen (secondary N) is 2. The van der Waals surface area contributed by atoms with Gasteiger partial charge >= 0.3 is 5.97 Å². The highest BCUT2D eigenvalue weighted by Crippen LogP contribution is 2.30. The molecule has 0 bridgehead atoms. The van der Waals surface area contributed by atoms with Gasteiger partial charge in [-0.05, 0) is 36.8 Å². The zero-order chi connectivity index (χ0) is 22.0. The van der Waals surface area contributed by atoms with Crippen LogP contribution in [0.5, 0.6) is 0 Å². The maximum absolute atomic E-state index is 12.6. The molecule has 2 aromatic carbocycles. The number of H-pyrrole nitrogens is 1. The number of imidazole rings is 1. The van der Waals surface area contributed by atoms with E-state index in [4.69, 9.17) is 27.9 Å². The van der Waals surface area contributed by atoms with Crippen molar-refractivity contribution in [1.82, 2.24) is 15.0 Å². The Morgan fingerprint density at radius 2 is 2.03 bits per heavy atom. The van der Waals surface area contributed by atoms with Gasteiger partial charge in [-0.25, -0.2) is 14.8 Å². The Bertz CT molecular complexity index is 1270. The average molecular weight is 475 g/mol. The molecule has 0 saturated carbocycles. The van der Waals surface area contributed by atoms with Crippen molar-refractivity contribution in [3.63, 3.8) is 0 Å². The molecule has 31 heavy (non-hydrogen) atoms. The number of aromatic nitrogens is 3. The fourth-order valence-corrected chi connectivity index (χ4v) is 3.91. The molecule has 4 aromatic rings. The number of esters is 1. The first-order valence-corrected chi connectivity index (χ1v) is 10.9. The molecule has 1 unspecified atom stereocenters. The van der Waals surface area contributed by atoms with Crippen LogP contribution in [0.25, 0.3) is 22.3 Å². The number of nitrogens with zero attached hydrogens (tertiary/aromatic N) is 2. The number of carbonyl (C=O) groups is 2. The maximum atomic E-state index is 12.6. The van der Waals surface area contributed by atoms with E-state index >= 15 is 0 Å². The van der Waals surface area contributed by atoms with Crippen LogP contribution in [0.1, 0.15) is 23.7 Å². The van der Waals surface area contributed by atoms with Crippen molar-refractivity contribution in [3.8, 4) is 11.3 Å². The lowest BCUT2D eigenvalue weighted by Crippen LogP contribution is -2.32. The van der Waals surface area contributed by atoms with E-state index in [0.717, 1.165) is 11.1 Å². The van der Waals surface area contributed by atoms with Gasteiger partial charge in [0.2, 0.25) is 0 Å². The number of halogens is 2. The van der Waals surface area contributed by atoms with E-state index in [2.05, 4.69) is 20.3 Å². The molecule has 1 atom stereocenters. The summed E-state index contributed by atoms with van der Waals surface area (Å²) in [6, 6.07) is 10.1. The van der Waals surface area contributed by atoms with Crippen molar-refractivity contribution in [2.75, 3.05) is 5.32 Å². The van der Waals surface area contributed by atoms with E-state index in [1.807, 2.05) is 0 Å². The minimum absolute atomic E-state index is 0.314. The molecule has 10 heteroatoms. The van der Waals surface area contributed by atoms with E-state index in [0.29, 0.717) is 38.4 Å². The molecule has 0 spiro atoms. The number of aromatic amines is 1. The van der Waals surface area contributed by atoms with Crippen LogP contribution in [0.15, 0.2) is 48.1 Å². The van der Waals surface area contributed by atoms with Crippen LogP contribution in [0, 0.1) is 0 Å². The molecule has 4 rings (SSSR count). The van der Waals surface area contributed by atoms with Crippen molar-refractivity contribution in [1.29, 1.82) is 0 Å². The van der Waals surface area contributed by atoms with Gasteiger partial charge in [0.1, 0.15) is 0 Å². The number of ether oxygens (including phenoxy) is 1. The summed E-state index contributed by atoms with van der Waals surface area (Å²) >= 11 is 13.3. The zero-order valence-corrected chi connectivity index (χ0v) is 18.5. The molecule has 1 amide bonds. The summed E-state index contributed by atoms with van der Waals surface area (Å²) in [7, 11) is 0. The number of thiazole rings is 1. The van der Waals surface area contributed by atoms with Crippen molar-refractivity contribution in [3.05, 3.63) is 63.7 Å². The maximum Gasteiger partial charge on any atom is 0.338 e. The minimum Gasteiger partial charge on any atom is -0.449 e. The molecule has 0 fully saturated rings. The Hall–Kier alpha value is -2.94. The Balaban J connectivity index is 1.43. The van der Waals surface area contributed by atoms with Crippen LogP contribution in [0.2, 0.25) is 10.0 Å². The smallest absolute Gasteiger partial charge is 0.338 e. The number of anilines is 1. The third kappa shape index (κ3) is 4.71. The van der Waals surface area contributed by atoms with E-state index in [-0.39, 0.29) is 0 Å². The van der Waals surface area contributed by atoms with Crippen molar-refractivity contribution in [2.45, 2.75) is 19.4 Å². The van der Waals surface area contributed by atoms with Gasteiger partial charge in [-0.1, -0.05) is 36.2 Å². The van der Waals surface area contributed by atoms with Crippen molar-refractivity contribution >= 4 is 62.6 Å². The zero-order valence-electron chi connectivity index (χ0n) is 16.2. The standard InChI is InChI=1S/C21H16Cl2N4O3S/c1-2-18(30-20(29)12-4-6-15-16(8-12)25-10-24-15)19(28)27-21-26-17(9-31-21)11-3-5-13(22)14(23)7-11/h3-10,18H,2H2,1H3,(H,24,25)(H,26,27,28). The number of fused-ring (bicyclic) bond motifs is 1. The molecule has 0 aliphatic carbocycles. The Morgan fingerprint density at radius 1 is 1.19 bits per heavy atom. The molecule has 7 nitrogen and oxygen atoms in total. The highest BCUT2D eigenvalue weighted by molar-refractivity contribution is 7.14. The number of rotatable bonds is 6. The van der Waals surface area contributed by atoms with Crippen molar-refractivity contribution in [2.24, 2.45) is 0 Å². The van der Waals surface area contributed by atoms with E-state index in [9.17, 15) is 9.59 Å². The van der Waals surface area contributed by atoms with Crippen LogP contribution in [-0.2, 0) is 9.53 Å². The normalized spacial score (nSPS) is 12.0. The second-order valence-electron chi connectivity index (χ2n) is 6.59. The summed E-state index contributed by atoms with van der Waals surface area (Å²) < 4.78 is 5.43. The first-order chi connectivity index (χ1) is 14.9. The fraction of sp³-hybridized carbons (Fsp3) is 0.143. The molecule has 2 aromatic heterocycles. The first-order valence-electron chi connectivity index (χ1n) is 9.30. The topological polar surface area (TPSA) is 97.0 Å². The lowest BCUT2D eigenvalue weighted by molar-refractivity contribution is -0.124. The van der Waals surface area contributed by atoms with Crippen LogP contribution in [0.4, 0.5) is 5.13 Å². The van der Waals surface area contributed by atoms with Gasteiger partial charge in [-0.15, -0.1) is 11.3 Å². The molecule has 0 radical (unpaired) electrons. The van der Waals surface area contributed by atoms with Gasteiger partial charge in [0.05, 0.1) is 38.7 Å². The van der Waals surface area contributed by atoms with E-state index < -0.39 is 18.0 Å². The highest BCUT2D eigenvalue weighted by atomic mass is 35.5. The molecule has 0 saturated heterocycles. The number of carbonyl (C=O) groups excluding carboxylic acids is 2. The molecular formula is C21H16Cl2N4O3S. The molecule has 0 aliphatic heterocycles. The third-order valence-electron chi connectivity index (χ3n) is 4.52. The molecule has 158 valence electrons. The summed E-state index contributed by atoms with van der Waals surface area (Å²) in [6.07, 6.45) is 0.902. The van der Waals surface area contributed by atoms with E-state index in [1.165, 1.54) is 11.3 Å². The molecule has 2 heterocycles. The van der Waals surface area contributed by atoms with Crippen LogP contribution in [0.3, 0.4) is 0 Å². The third-order valence-corrected chi connectivity index (χ3v) is 6.01. The lowest BCUT2D eigenvalue weighted by atomic mass is 10.2. The van der Waals surface area contributed by atoms with Crippen LogP contribution >= 0.6 is 34.5 Å². The van der Waals surface area contributed by atoms with E-state index in [1.54, 1.807) is 55.0 Å². The number of amides is 1. The second-order valence-corrected chi connectivity index (χ2v) is 8.27. The summed E-state index contributed by atoms with van der Waals surface area (Å²) in [5, 5.41) is 5.76. The summed E-state index contributed by atoms with van der Waals surface area (Å²) in [4.78, 5) is 36.6. The lowest BCUT2D eigenvalue weighted by Gasteiger charge is -2.15. The van der Waals surface area contributed by atoms with Crippen LogP contribution < -0.4 is 5.32 Å². The largest absolute Gasteiger partial charge is 0.449 e. The highest BCUT2D eigenvalue weighted by Gasteiger charge is 2.23. The Labute approximate surface area is 191 Å². The number of hydrogen-bond donors (Lipinski definition) is 2. The summed E-state index contributed by atoms with van der Waals surface area (Å²) in [6.45, 7) is 1.76. The second kappa shape index (κ2) is 9.05. The predicted molar refractivity (Wildman–Crippen MR) is 122 cm³/mol. The summed E-state index contributed by atoms with van der Waals surface area (Å²) in [5.74, 6) is -1.04. The van der Waals surface area contributed by atoms with Gasteiger partial charge in [-0.2, -0.15) is 0 Å². The average Bonchev–Trinajstić information content (AvgIpc) is 3.42. The fourth-order valence-electron chi connectivity index (χ4n) is 2.89. The SMILES string of the molecule is CCC(OC(=O)c1ccc2nc[nH]c2c1)C(=O)Nc1nc(-c2ccc(Cl)c(Cl)c2)cs1. The predicted octanol–water partition coefficient (Wildman–Crippen LogP) is 5.57. The monoisotopic (exact) mass is 474 g/mol. The molecular weight excluding hydrogens is 459 g/mol. The minimum atomic E-state index is -0.956. The Kier molecular flexibility index (Phi) is 6.22. The Morgan fingerprint density at radius 3 is 2.81 bits per heavy atom. The van der Waals surface area contributed by atoms with Gasteiger partial charge in [0, 0.05) is 10.9 Å². The van der Waals surface area contributed by atoms with Crippen molar-refractivity contribution < 1.29 is 14.3 Å². The number of benzene rings is 2. The van der Waals surface area contributed by atoms with Crippen LogP contribution in [-0.4, -0.2) is 32.9 Å². The quantitative estimate of drug-likeness (QED) is 0.356. The number of hydrogen-bond acceptors (Lipinski definition) is 6. The molecule has 2 N–H and O–H groups in total. The van der Waals surface area contributed by atoms with Gasteiger partial charge in [-0.3, -0.25) is 10.1 Å². The molecule has 0 aliphatic rings. The summed E-state index contributed by atoms with van der Waals surface area (Å²) in [5.41, 5.74) is 3.21. The van der Waals surface area contributed by atoms with Gasteiger partial charge < -0.3 is 9.72 Å².